The first-order valence-corrected chi connectivity index (χ1v) is 7.80. The van der Waals surface area contributed by atoms with Gasteiger partial charge in [-0.1, -0.05) is 11.6 Å². The molecule has 0 bridgehead atoms. The van der Waals surface area contributed by atoms with Gasteiger partial charge in [-0.15, -0.1) is 0 Å². The molecule has 2 aromatic rings. The van der Waals surface area contributed by atoms with Gasteiger partial charge in [-0.25, -0.2) is 0 Å². The second-order valence-electron chi connectivity index (χ2n) is 5.34. The first kappa shape index (κ1) is 17.9. The maximum atomic E-state index is 12.2. The Morgan fingerprint density at radius 2 is 1.75 bits per heavy atom. The molecule has 5 heteroatoms. The smallest absolute Gasteiger partial charge is 0.248 e. The molecule has 1 amide bonds. The van der Waals surface area contributed by atoms with Gasteiger partial charge in [0.25, 0.3) is 0 Å². The van der Waals surface area contributed by atoms with Crippen molar-refractivity contribution >= 4 is 29.3 Å². The fourth-order valence-electron chi connectivity index (χ4n) is 2.43. The number of halogens is 1. The third-order valence-electron chi connectivity index (χ3n) is 3.62. The van der Waals surface area contributed by atoms with Crippen molar-refractivity contribution in [2.24, 2.45) is 0 Å². The van der Waals surface area contributed by atoms with E-state index < -0.39 is 0 Å². The molecule has 24 heavy (non-hydrogen) atoms. The molecule has 0 saturated carbocycles. The van der Waals surface area contributed by atoms with Crippen LogP contribution in [-0.4, -0.2) is 20.1 Å². The zero-order valence-electron chi connectivity index (χ0n) is 14.1. The van der Waals surface area contributed by atoms with Gasteiger partial charge in [0.15, 0.2) is 0 Å². The topological polar surface area (TPSA) is 47.6 Å². The summed E-state index contributed by atoms with van der Waals surface area (Å²) in [5, 5.41) is 3.30. The summed E-state index contributed by atoms with van der Waals surface area (Å²) in [5.74, 6) is 1.10. The lowest BCUT2D eigenvalue weighted by Crippen LogP contribution is -2.09. The van der Waals surface area contributed by atoms with Crippen molar-refractivity contribution in [3.05, 3.63) is 58.1 Å². The van der Waals surface area contributed by atoms with Gasteiger partial charge < -0.3 is 14.8 Å². The fraction of sp³-hybridized carbons (Fsp3) is 0.211. The van der Waals surface area contributed by atoms with Gasteiger partial charge in [-0.2, -0.15) is 0 Å². The SMILES string of the molecule is COc1cc(C)c(/C=C/C(=O)Nc2cc(Cl)ccc2OC)c(C)c1. The van der Waals surface area contributed by atoms with Gasteiger partial charge in [-0.05, 0) is 66.9 Å². The van der Waals surface area contributed by atoms with E-state index in [-0.39, 0.29) is 5.91 Å². The highest BCUT2D eigenvalue weighted by Crippen LogP contribution is 2.28. The van der Waals surface area contributed by atoms with Crippen LogP contribution >= 0.6 is 11.6 Å². The Balaban J connectivity index is 2.19. The third-order valence-corrected chi connectivity index (χ3v) is 3.86. The van der Waals surface area contributed by atoms with E-state index >= 15 is 0 Å². The Hall–Kier alpha value is -2.46. The largest absolute Gasteiger partial charge is 0.497 e. The Morgan fingerprint density at radius 1 is 1.08 bits per heavy atom. The lowest BCUT2D eigenvalue weighted by Gasteiger charge is -2.10. The predicted molar refractivity (Wildman–Crippen MR) is 98.1 cm³/mol. The van der Waals surface area contributed by atoms with Crippen molar-refractivity contribution in [3.8, 4) is 11.5 Å². The van der Waals surface area contributed by atoms with Crippen LogP contribution in [-0.2, 0) is 4.79 Å². The van der Waals surface area contributed by atoms with Gasteiger partial charge in [0, 0.05) is 11.1 Å². The molecule has 0 radical (unpaired) electrons. The number of rotatable bonds is 5. The molecule has 0 fully saturated rings. The number of amides is 1. The summed E-state index contributed by atoms with van der Waals surface area (Å²) >= 11 is 5.96. The Labute approximate surface area is 147 Å². The van der Waals surface area contributed by atoms with E-state index in [1.807, 2.05) is 26.0 Å². The molecular formula is C19H20ClNO3. The zero-order valence-corrected chi connectivity index (χ0v) is 14.9. The molecule has 0 saturated heterocycles. The molecular weight excluding hydrogens is 326 g/mol. The van der Waals surface area contributed by atoms with Gasteiger partial charge in [-0.3, -0.25) is 4.79 Å². The minimum absolute atomic E-state index is 0.259. The molecule has 0 aliphatic rings. The van der Waals surface area contributed by atoms with Crippen LogP contribution in [0.3, 0.4) is 0 Å². The summed E-state index contributed by atoms with van der Waals surface area (Å²) in [6, 6.07) is 8.93. The molecule has 0 spiro atoms. The number of nitrogens with one attached hydrogen (secondary N) is 1. The summed E-state index contributed by atoms with van der Waals surface area (Å²) in [6.07, 6.45) is 3.28. The molecule has 0 aliphatic heterocycles. The Bertz CT molecular complexity index is 761. The summed E-state index contributed by atoms with van der Waals surface area (Å²) in [4.78, 5) is 12.2. The van der Waals surface area contributed by atoms with E-state index in [1.165, 1.54) is 6.08 Å². The summed E-state index contributed by atoms with van der Waals surface area (Å²) < 4.78 is 10.5. The first-order valence-electron chi connectivity index (χ1n) is 7.42. The maximum Gasteiger partial charge on any atom is 0.248 e. The molecule has 0 aromatic heterocycles. The average molecular weight is 346 g/mol. The van der Waals surface area contributed by atoms with Gasteiger partial charge in [0.1, 0.15) is 11.5 Å². The lowest BCUT2D eigenvalue weighted by atomic mass is 10.0. The number of ether oxygens (including phenoxy) is 2. The number of carbonyl (C=O) groups is 1. The highest BCUT2D eigenvalue weighted by Gasteiger charge is 2.07. The zero-order chi connectivity index (χ0) is 17.7. The van der Waals surface area contributed by atoms with Crippen molar-refractivity contribution in [2.75, 3.05) is 19.5 Å². The summed E-state index contributed by atoms with van der Waals surface area (Å²) in [7, 11) is 3.17. The second kappa shape index (κ2) is 7.88. The van der Waals surface area contributed by atoms with Crippen molar-refractivity contribution < 1.29 is 14.3 Å². The van der Waals surface area contributed by atoms with Crippen LogP contribution in [0.1, 0.15) is 16.7 Å². The van der Waals surface area contributed by atoms with Gasteiger partial charge in [0.05, 0.1) is 19.9 Å². The lowest BCUT2D eigenvalue weighted by molar-refractivity contribution is -0.111. The Kier molecular flexibility index (Phi) is 5.88. The van der Waals surface area contributed by atoms with E-state index in [2.05, 4.69) is 5.32 Å². The second-order valence-corrected chi connectivity index (χ2v) is 5.78. The first-order chi connectivity index (χ1) is 11.4. The van der Waals surface area contributed by atoms with E-state index in [4.69, 9.17) is 21.1 Å². The number of anilines is 1. The number of methoxy groups -OCH3 is 2. The number of carbonyl (C=O) groups excluding carboxylic acids is 1. The predicted octanol–water partition coefficient (Wildman–Crippen LogP) is 4.63. The van der Waals surface area contributed by atoms with E-state index in [9.17, 15) is 4.79 Å². The fourth-order valence-corrected chi connectivity index (χ4v) is 2.60. The Morgan fingerprint density at radius 3 is 2.33 bits per heavy atom. The highest BCUT2D eigenvalue weighted by molar-refractivity contribution is 6.31. The number of aryl methyl sites for hydroxylation is 2. The summed E-state index contributed by atoms with van der Waals surface area (Å²) in [6.45, 7) is 3.96. The van der Waals surface area contributed by atoms with E-state index in [0.29, 0.717) is 16.5 Å². The molecule has 0 atom stereocenters. The molecule has 0 unspecified atom stereocenters. The standard InChI is InChI=1S/C19H20ClNO3/c1-12-9-15(23-3)10-13(2)16(12)6-8-19(22)21-17-11-14(20)5-7-18(17)24-4/h5-11H,1-4H3,(H,21,22)/b8-6+. The van der Waals surface area contributed by atoms with Crippen molar-refractivity contribution in [2.45, 2.75) is 13.8 Å². The molecule has 4 nitrogen and oxygen atoms in total. The number of benzene rings is 2. The van der Waals surface area contributed by atoms with Crippen LogP contribution in [0.25, 0.3) is 6.08 Å². The quantitative estimate of drug-likeness (QED) is 0.804. The minimum Gasteiger partial charge on any atom is -0.497 e. The molecule has 1 N–H and O–H groups in total. The van der Waals surface area contributed by atoms with Crippen LogP contribution in [0.2, 0.25) is 5.02 Å². The maximum absolute atomic E-state index is 12.2. The van der Waals surface area contributed by atoms with Crippen LogP contribution in [0.15, 0.2) is 36.4 Å². The third kappa shape index (κ3) is 4.30. The van der Waals surface area contributed by atoms with Crippen molar-refractivity contribution in [1.82, 2.24) is 0 Å². The van der Waals surface area contributed by atoms with Crippen molar-refractivity contribution in [3.63, 3.8) is 0 Å². The van der Waals surface area contributed by atoms with Crippen LogP contribution < -0.4 is 14.8 Å². The van der Waals surface area contributed by atoms with Gasteiger partial charge >= 0.3 is 0 Å². The highest BCUT2D eigenvalue weighted by atomic mass is 35.5. The molecule has 2 rings (SSSR count). The number of hydrogen-bond acceptors (Lipinski definition) is 3. The normalized spacial score (nSPS) is 10.7. The number of hydrogen-bond donors (Lipinski definition) is 1. The molecule has 126 valence electrons. The summed E-state index contributed by atoms with van der Waals surface area (Å²) in [5.41, 5.74) is 3.60. The van der Waals surface area contributed by atoms with Crippen molar-refractivity contribution in [1.29, 1.82) is 0 Å². The average Bonchev–Trinajstić information content (AvgIpc) is 2.54. The van der Waals surface area contributed by atoms with Crippen LogP contribution in [0.4, 0.5) is 5.69 Å². The van der Waals surface area contributed by atoms with Gasteiger partial charge in [0.2, 0.25) is 5.91 Å². The van der Waals surface area contributed by atoms with Crippen LogP contribution in [0.5, 0.6) is 11.5 Å². The van der Waals surface area contributed by atoms with Crippen LogP contribution in [0, 0.1) is 13.8 Å². The van der Waals surface area contributed by atoms with E-state index in [0.717, 1.165) is 22.4 Å². The molecule has 0 aliphatic carbocycles. The van der Waals surface area contributed by atoms with E-state index in [1.54, 1.807) is 38.5 Å². The molecule has 2 aromatic carbocycles. The molecule has 0 heterocycles. The minimum atomic E-state index is -0.259. The monoisotopic (exact) mass is 345 g/mol.